The zero-order valence-corrected chi connectivity index (χ0v) is 15.4. The summed E-state index contributed by atoms with van der Waals surface area (Å²) >= 11 is 1.39. The van der Waals surface area contributed by atoms with Gasteiger partial charge in [0.1, 0.15) is 5.82 Å². The number of benzene rings is 2. The lowest BCUT2D eigenvalue weighted by molar-refractivity contribution is -0.113. The van der Waals surface area contributed by atoms with Crippen LogP contribution in [0.3, 0.4) is 0 Å². The van der Waals surface area contributed by atoms with Crippen LogP contribution in [0.4, 0.5) is 5.69 Å². The Balaban J connectivity index is 1.65. The molecule has 6 heteroatoms. The number of imidazole rings is 1. The van der Waals surface area contributed by atoms with Crippen LogP contribution in [0.25, 0.3) is 17.1 Å². The van der Waals surface area contributed by atoms with Gasteiger partial charge in [0.05, 0.1) is 15.9 Å². The summed E-state index contributed by atoms with van der Waals surface area (Å²) < 4.78 is 1.99. The third-order valence-corrected chi connectivity index (χ3v) is 5.31. The van der Waals surface area contributed by atoms with Gasteiger partial charge >= 0.3 is 0 Å². The van der Waals surface area contributed by atoms with Gasteiger partial charge in [0.15, 0.2) is 5.17 Å². The monoisotopic (exact) mass is 362 g/mol. The molecule has 0 unspecified atom stereocenters. The number of anilines is 1. The molecule has 2 aromatic carbocycles. The average molecular weight is 362 g/mol. The van der Waals surface area contributed by atoms with Crippen molar-refractivity contribution in [3.05, 3.63) is 65.3 Å². The van der Waals surface area contributed by atoms with Crippen molar-refractivity contribution >= 4 is 45.6 Å². The molecule has 0 saturated heterocycles. The Morgan fingerprint density at radius 2 is 1.85 bits per heavy atom. The highest BCUT2D eigenvalue weighted by Gasteiger charge is 2.26. The number of amidine groups is 1. The molecule has 3 aromatic rings. The fraction of sp³-hybridized carbons (Fsp3) is 0.150. The predicted molar refractivity (Wildman–Crippen MR) is 108 cm³/mol. The second-order valence-electron chi connectivity index (χ2n) is 5.91. The van der Waals surface area contributed by atoms with Crippen LogP contribution < -0.4 is 4.90 Å². The molecule has 0 radical (unpaired) electrons. The molecule has 0 fully saturated rings. The first-order valence-corrected chi connectivity index (χ1v) is 9.25. The highest BCUT2D eigenvalue weighted by molar-refractivity contribution is 8.18. The number of amides is 1. The normalized spacial score (nSPS) is 15.7. The zero-order valence-electron chi connectivity index (χ0n) is 14.6. The van der Waals surface area contributed by atoms with Crippen LogP contribution in [0, 0.1) is 0 Å². The second-order valence-corrected chi connectivity index (χ2v) is 6.92. The van der Waals surface area contributed by atoms with Gasteiger partial charge in [0.25, 0.3) is 5.91 Å². The second kappa shape index (κ2) is 6.80. The summed E-state index contributed by atoms with van der Waals surface area (Å²) in [6.07, 6.45) is 1.82. The van der Waals surface area contributed by atoms with E-state index in [0.717, 1.165) is 29.1 Å². The van der Waals surface area contributed by atoms with Crippen molar-refractivity contribution in [3.63, 3.8) is 0 Å². The Labute approximate surface area is 156 Å². The molecular weight excluding hydrogens is 344 g/mol. The Bertz CT molecular complexity index is 1040. The number of rotatable bonds is 3. The summed E-state index contributed by atoms with van der Waals surface area (Å²) in [5, 5.41) is 0.703. The van der Waals surface area contributed by atoms with Gasteiger partial charge in [0, 0.05) is 25.4 Å². The molecule has 0 bridgehead atoms. The molecule has 0 saturated carbocycles. The number of carbonyl (C=O) groups excluding carboxylic acids is 1. The van der Waals surface area contributed by atoms with Crippen LogP contribution in [-0.4, -0.2) is 27.2 Å². The van der Waals surface area contributed by atoms with Crippen molar-refractivity contribution in [2.75, 3.05) is 11.4 Å². The summed E-state index contributed by atoms with van der Waals surface area (Å²) in [5.41, 5.74) is 2.98. The molecule has 26 heavy (non-hydrogen) atoms. The van der Waals surface area contributed by atoms with Gasteiger partial charge in [-0.3, -0.25) is 4.79 Å². The largest absolute Gasteiger partial charge is 0.328 e. The SMILES string of the molecule is CCN(C1=NC(=O)/C(=C\c2nc3ccccc3n2C)S1)c1ccccc1. The van der Waals surface area contributed by atoms with Gasteiger partial charge in [0.2, 0.25) is 0 Å². The number of nitrogens with zero attached hydrogens (tertiary/aromatic N) is 4. The highest BCUT2D eigenvalue weighted by Crippen LogP contribution is 2.32. The van der Waals surface area contributed by atoms with Crippen LogP contribution in [0.2, 0.25) is 0 Å². The maximum absolute atomic E-state index is 12.4. The predicted octanol–water partition coefficient (Wildman–Crippen LogP) is 4.07. The number of aromatic nitrogens is 2. The number of hydrogen-bond donors (Lipinski definition) is 0. The highest BCUT2D eigenvalue weighted by atomic mass is 32.2. The van der Waals surface area contributed by atoms with Gasteiger partial charge < -0.3 is 9.47 Å². The van der Waals surface area contributed by atoms with Crippen molar-refractivity contribution in [2.24, 2.45) is 12.0 Å². The van der Waals surface area contributed by atoms with Crippen LogP contribution in [0.15, 0.2) is 64.5 Å². The topological polar surface area (TPSA) is 50.5 Å². The zero-order chi connectivity index (χ0) is 18.1. The number of aliphatic imine (C=N–C) groups is 1. The maximum Gasteiger partial charge on any atom is 0.286 e. The molecule has 2 heterocycles. The van der Waals surface area contributed by atoms with Gasteiger partial charge in [-0.2, -0.15) is 4.99 Å². The first kappa shape index (κ1) is 16.6. The van der Waals surface area contributed by atoms with E-state index in [1.165, 1.54) is 11.8 Å². The van der Waals surface area contributed by atoms with Crippen LogP contribution in [0.5, 0.6) is 0 Å². The van der Waals surface area contributed by atoms with E-state index in [9.17, 15) is 4.79 Å². The number of fused-ring (bicyclic) bond motifs is 1. The third-order valence-electron chi connectivity index (χ3n) is 4.31. The minimum Gasteiger partial charge on any atom is -0.328 e. The van der Waals surface area contributed by atoms with E-state index in [1.54, 1.807) is 0 Å². The molecule has 130 valence electrons. The van der Waals surface area contributed by atoms with Gasteiger partial charge in [-0.05, 0) is 43.0 Å². The van der Waals surface area contributed by atoms with Crippen LogP contribution in [-0.2, 0) is 11.8 Å². The molecule has 0 N–H and O–H groups in total. The smallest absolute Gasteiger partial charge is 0.286 e. The molecule has 1 amide bonds. The molecule has 1 aromatic heterocycles. The molecule has 0 atom stereocenters. The first-order chi connectivity index (χ1) is 12.7. The molecule has 5 nitrogen and oxygen atoms in total. The third kappa shape index (κ3) is 2.93. The average Bonchev–Trinajstić information content (AvgIpc) is 3.18. The van der Waals surface area contributed by atoms with E-state index in [-0.39, 0.29) is 5.91 Å². The Kier molecular flexibility index (Phi) is 4.34. The van der Waals surface area contributed by atoms with E-state index in [1.807, 2.05) is 84.1 Å². The summed E-state index contributed by atoms with van der Waals surface area (Å²) in [6.45, 7) is 2.79. The number of para-hydroxylation sites is 3. The minimum atomic E-state index is -0.216. The lowest BCUT2D eigenvalue weighted by atomic mass is 10.3. The lowest BCUT2D eigenvalue weighted by Crippen LogP contribution is -2.27. The van der Waals surface area contributed by atoms with E-state index >= 15 is 0 Å². The first-order valence-electron chi connectivity index (χ1n) is 8.44. The Morgan fingerprint density at radius 1 is 1.12 bits per heavy atom. The molecule has 1 aliphatic heterocycles. The summed E-state index contributed by atoms with van der Waals surface area (Å²) in [6, 6.07) is 17.9. The van der Waals surface area contributed by atoms with Gasteiger partial charge in [-0.1, -0.05) is 30.3 Å². The number of hydrogen-bond acceptors (Lipinski definition) is 4. The maximum atomic E-state index is 12.4. The Hall–Kier alpha value is -2.86. The lowest BCUT2D eigenvalue weighted by Gasteiger charge is -2.21. The van der Waals surface area contributed by atoms with Gasteiger partial charge in [-0.25, -0.2) is 4.98 Å². The number of thioether (sulfide) groups is 1. The Morgan fingerprint density at radius 3 is 2.58 bits per heavy atom. The van der Waals surface area contributed by atoms with Crippen molar-refractivity contribution in [1.29, 1.82) is 0 Å². The fourth-order valence-electron chi connectivity index (χ4n) is 2.96. The van der Waals surface area contributed by atoms with E-state index in [4.69, 9.17) is 0 Å². The van der Waals surface area contributed by atoms with Crippen molar-refractivity contribution in [3.8, 4) is 0 Å². The van der Waals surface area contributed by atoms with E-state index in [2.05, 4.69) is 9.98 Å². The molecule has 1 aliphatic rings. The summed E-state index contributed by atoms with van der Waals surface area (Å²) in [7, 11) is 1.95. The standard InChI is InChI=1S/C20H18N4OS/c1-3-24(14-9-5-4-6-10-14)20-22-19(25)17(26-20)13-18-21-15-11-7-8-12-16(15)23(18)2/h4-13H,3H2,1-2H3/b17-13+. The van der Waals surface area contributed by atoms with Crippen LogP contribution in [0.1, 0.15) is 12.7 Å². The van der Waals surface area contributed by atoms with Crippen molar-refractivity contribution < 1.29 is 4.79 Å². The number of carbonyl (C=O) groups is 1. The fourth-order valence-corrected chi connectivity index (χ4v) is 3.93. The molecule has 0 aliphatic carbocycles. The quantitative estimate of drug-likeness (QED) is 0.659. The molecular formula is C20H18N4OS. The van der Waals surface area contributed by atoms with Crippen molar-refractivity contribution in [2.45, 2.75) is 6.92 Å². The van der Waals surface area contributed by atoms with Gasteiger partial charge in [-0.15, -0.1) is 0 Å². The summed E-state index contributed by atoms with van der Waals surface area (Å²) in [5.74, 6) is 0.535. The molecule has 4 rings (SSSR count). The van der Waals surface area contributed by atoms with E-state index in [0.29, 0.717) is 10.1 Å². The van der Waals surface area contributed by atoms with Crippen LogP contribution >= 0.6 is 11.8 Å². The number of aryl methyl sites for hydroxylation is 1. The van der Waals surface area contributed by atoms with Crippen molar-refractivity contribution in [1.82, 2.24) is 9.55 Å². The minimum absolute atomic E-state index is 0.216. The summed E-state index contributed by atoms with van der Waals surface area (Å²) in [4.78, 5) is 23.9. The molecule has 0 spiro atoms. The van der Waals surface area contributed by atoms with E-state index < -0.39 is 0 Å².